The molecule has 3 nitrogen and oxygen atoms in total. The van der Waals surface area contributed by atoms with Crippen molar-refractivity contribution in [3.05, 3.63) is 77.2 Å². The van der Waals surface area contributed by atoms with Crippen LogP contribution < -0.4 is 10.2 Å². The standard InChI is InChI=1S/C22H14O3/c1-24-15-7-9-17-19-10-14(23)6-8-18(19)22-21(20(17)11-15)16-5-3-2-4-13(16)12-25-22/h2-12H,1H3. The third-order valence-corrected chi connectivity index (χ3v) is 4.78. The Bertz CT molecular complexity index is 1350. The molecule has 25 heavy (non-hydrogen) atoms. The zero-order chi connectivity index (χ0) is 17.0. The van der Waals surface area contributed by atoms with E-state index >= 15 is 0 Å². The van der Waals surface area contributed by atoms with Crippen molar-refractivity contribution in [3.8, 4) is 5.75 Å². The first-order chi connectivity index (χ1) is 12.3. The van der Waals surface area contributed by atoms with E-state index in [1.807, 2.05) is 42.5 Å². The van der Waals surface area contributed by atoms with Gasteiger partial charge in [0.1, 0.15) is 11.3 Å². The number of rotatable bonds is 1. The van der Waals surface area contributed by atoms with E-state index in [4.69, 9.17) is 9.15 Å². The van der Waals surface area contributed by atoms with E-state index in [0.717, 1.165) is 49.0 Å². The van der Waals surface area contributed by atoms with Crippen molar-refractivity contribution in [2.24, 2.45) is 0 Å². The van der Waals surface area contributed by atoms with Crippen molar-refractivity contribution in [2.75, 3.05) is 7.11 Å². The molecule has 0 fully saturated rings. The van der Waals surface area contributed by atoms with Crippen molar-refractivity contribution in [3.63, 3.8) is 0 Å². The minimum absolute atomic E-state index is 0.00948. The molecular weight excluding hydrogens is 312 g/mol. The Morgan fingerprint density at radius 3 is 2.52 bits per heavy atom. The molecule has 5 aromatic rings. The lowest BCUT2D eigenvalue weighted by molar-refractivity contribution is 0.415. The average molecular weight is 326 g/mol. The highest BCUT2D eigenvalue weighted by molar-refractivity contribution is 6.29. The highest BCUT2D eigenvalue weighted by atomic mass is 16.5. The summed E-state index contributed by atoms with van der Waals surface area (Å²) in [6.45, 7) is 0. The van der Waals surface area contributed by atoms with Gasteiger partial charge in [-0.2, -0.15) is 0 Å². The van der Waals surface area contributed by atoms with Crippen LogP contribution in [0, 0.1) is 0 Å². The van der Waals surface area contributed by atoms with Crippen molar-refractivity contribution in [1.82, 2.24) is 0 Å². The fourth-order valence-corrected chi connectivity index (χ4v) is 3.63. The minimum Gasteiger partial charge on any atom is -0.497 e. The largest absolute Gasteiger partial charge is 0.497 e. The molecule has 3 heteroatoms. The van der Waals surface area contributed by atoms with Crippen molar-refractivity contribution in [2.45, 2.75) is 0 Å². The van der Waals surface area contributed by atoms with E-state index in [2.05, 4.69) is 6.07 Å². The number of hydrogen-bond acceptors (Lipinski definition) is 3. The van der Waals surface area contributed by atoms with Crippen LogP contribution in [0.2, 0.25) is 0 Å². The van der Waals surface area contributed by atoms with Crippen molar-refractivity contribution < 1.29 is 9.15 Å². The second-order valence-corrected chi connectivity index (χ2v) is 6.15. The number of methoxy groups -OCH3 is 1. The van der Waals surface area contributed by atoms with Crippen LogP contribution in [0.15, 0.2) is 76.1 Å². The van der Waals surface area contributed by atoms with Gasteiger partial charge in [-0.05, 0) is 51.9 Å². The number of benzene rings is 4. The molecular formula is C22H14O3. The summed E-state index contributed by atoms with van der Waals surface area (Å²) in [6.07, 6.45) is 1.77. The summed E-state index contributed by atoms with van der Waals surface area (Å²) in [7, 11) is 1.66. The SMILES string of the molecule is COc1ccc2c3cc(=O)ccc3c3occ4ccccc4c3c2c1. The Hall–Kier alpha value is -3.33. The van der Waals surface area contributed by atoms with Gasteiger partial charge in [-0.15, -0.1) is 0 Å². The van der Waals surface area contributed by atoms with Gasteiger partial charge in [0.15, 0.2) is 5.43 Å². The van der Waals surface area contributed by atoms with Crippen LogP contribution in [-0.4, -0.2) is 7.11 Å². The van der Waals surface area contributed by atoms with E-state index in [1.165, 1.54) is 0 Å². The molecule has 0 saturated heterocycles. The van der Waals surface area contributed by atoms with Crippen LogP contribution in [0.1, 0.15) is 0 Å². The molecule has 0 saturated carbocycles. The molecule has 0 spiro atoms. The van der Waals surface area contributed by atoms with Gasteiger partial charge in [0, 0.05) is 16.2 Å². The van der Waals surface area contributed by atoms with Crippen LogP contribution in [-0.2, 0) is 0 Å². The molecule has 0 unspecified atom stereocenters. The van der Waals surface area contributed by atoms with Gasteiger partial charge in [0.25, 0.3) is 0 Å². The summed E-state index contributed by atoms with van der Waals surface area (Å²) >= 11 is 0. The van der Waals surface area contributed by atoms with Crippen LogP contribution in [0.25, 0.3) is 43.3 Å². The van der Waals surface area contributed by atoms with Gasteiger partial charge in [-0.1, -0.05) is 30.3 Å². The van der Waals surface area contributed by atoms with Crippen LogP contribution in [0.3, 0.4) is 0 Å². The van der Waals surface area contributed by atoms with Gasteiger partial charge in [0.2, 0.25) is 0 Å². The van der Waals surface area contributed by atoms with Crippen LogP contribution in [0.4, 0.5) is 0 Å². The number of hydrogen-bond donors (Lipinski definition) is 0. The third kappa shape index (κ3) is 1.96. The molecule has 0 atom stereocenters. The Kier molecular flexibility index (Phi) is 2.86. The zero-order valence-corrected chi connectivity index (χ0v) is 13.6. The Morgan fingerprint density at radius 1 is 0.800 bits per heavy atom. The molecule has 120 valence electrons. The lowest BCUT2D eigenvalue weighted by Gasteiger charge is -2.12. The minimum atomic E-state index is -0.00948. The maximum atomic E-state index is 11.9. The first kappa shape index (κ1) is 14.1. The first-order valence-electron chi connectivity index (χ1n) is 8.10. The summed E-state index contributed by atoms with van der Waals surface area (Å²) in [5.74, 6) is 0.777. The zero-order valence-electron chi connectivity index (χ0n) is 13.6. The summed E-state index contributed by atoms with van der Waals surface area (Å²) in [6, 6.07) is 19.2. The maximum Gasteiger partial charge on any atom is 0.179 e. The van der Waals surface area contributed by atoms with Crippen LogP contribution >= 0.6 is 0 Å². The molecule has 1 aromatic heterocycles. The van der Waals surface area contributed by atoms with Gasteiger partial charge in [-0.3, -0.25) is 4.79 Å². The number of fused-ring (bicyclic) bond motifs is 8. The van der Waals surface area contributed by atoms with Gasteiger partial charge in [0.05, 0.1) is 13.4 Å². The van der Waals surface area contributed by atoms with Crippen molar-refractivity contribution in [1.29, 1.82) is 0 Å². The molecule has 4 aromatic carbocycles. The molecule has 1 heterocycles. The Morgan fingerprint density at radius 2 is 1.64 bits per heavy atom. The van der Waals surface area contributed by atoms with Gasteiger partial charge in [-0.25, -0.2) is 0 Å². The molecule has 0 radical (unpaired) electrons. The second kappa shape index (κ2) is 5.08. The fraction of sp³-hybridized carbons (Fsp3) is 0.0455. The first-order valence-corrected chi connectivity index (χ1v) is 8.10. The second-order valence-electron chi connectivity index (χ2n) is 6.15. The van der Waals surface area contributed by atoms with E-state index in [0.29, 0.717) is 0 Å². The maximum absolute atomic E-state index is 11.9. The van der Waals surface area contributed by atoms with Gasteiger partial charge >= 0.3 is 0 Å². The normalized spacial score (nSPS) is 11.6. The molecule has 5 rings (SSSR count). The lowest BCUT2D eigenvalue weighted by Crippen LogP contribution is -1.96. The predicted molar refractivity (Wildman–Crippen MR) is 102 cm³/mol. The number of ether oxygens (including phenoxy) is 1. The molecule has 0 N–H and O–H groups in total. The molecule has 0 aliphatic rings. The third-order valence-electron chi connectivity index (χ3n) is 4.78. The van der Waals surface area contributed by atoms with E-state index in [1.54, 1.807) is 25.5 Å². The highest BCUT2D eigenvalue weighted by Gasteiger charge is 2.14. The van der Waals surface area contributed by atoms with Crippen LogP contribution in [0.5, 0.6) is 5.75 Å². The summed E-state index contributed by atoms with van der Waals surface area (Å²) < 4.78 is 11.4. The smallest absolute Gasteiger partial charge is 0.179 e. The van der Waals surface area contributed by atoms with E-state index in [9.17, 15) is 4.79 Å². The summed E-state index contributed by atoms with van der Waals surface area (Å²) in [5.41, 5.74) is 0.777. The monoisotopic (exact) mass is 326 g/mol. The molecule has 0 aliphatic carbocycles. The lowest BCUT2D eigenvalue weighted by atomic mass is 9.95. The molecule has 0 bridgehead atoms. The summed E-state index contributed by atoms with van der Waals surface area (Å²) in [5, 5.41) is 7.09. The molecule has 0 aliphatic heterocycles. The Labute approximate surface area is 143 Å². The summed E-state index contributed by atoms with van der Waals surface area (Å²) in [4.78, 5) is 11.9. The quantitative estimate of drug-likeness (QED) is 0.394. The average Bonchev–Trinajstić information content (AvgIpc) is 2.67. The fourth-order valence-electron chi connectivity index (χ4n) is 3.63. The van der Waals surface area contributed by atoms with E-state index < -0.39 is 0 Å². The predicted octanol–water partition coefficient (Wildman–Crippen LogP) is 5.26. The highest BCUT2D eigenvalue weighted by Crippen LogP contribution is 2.39. The Balaban J connectivity index is 2.18. The molecule has 0 amide bonds. The van der Waals surface area contributed by atoms with Gasteiger partial charge < -0.3 is 9.15 Å². The topological polar surface area (TPSA) is 39.4 Å². The van der Waals surface area contributed by atoms with Crippen molar-refractivity contribution >= 4 is 43.3 Å². The van der Waals surface area contributed by atoms with E-state index in [-0.39, 0.29) is 5.43 Å².